The third kappa shape index (κ3) is 6.06. The highest BCUT2D eigenvalue weighted by atomic mass is 16.5. The predicted molar refractivity (Wildman–Crippen MR) is 125 cm³/mol. The standard InChI is InChI=1S/C25H28N4O4/c1-4-7-23(30)28-20-9-6-8-18(14-20)15-26-24(31)19-10-12-21(13-11-19)29-17(3)22(16-27-29)25(32)33-5-2/h6,8-14,16H,4-5,7,15H2,1-3H3,(H,26,31)(H,28,30). The lowest BCUT2D eigenvalue weighted by atomic mass is 10.1. The smallest absolute Gasteiger partial charge is 0.341 e. The number of esters is 1. The maximum absolute atomic E-state index is 12.6. The molecular formula is C25H28N4O4. The number of ether oxygens (including phenoxy) is 1. The van der Waals surface area contributed by atoms with E-state index in [1.807, 2.05) is 31.2 Å². The number of aromatic nitrogens is 2. The van der Waals surface area contributed by atoms with E-state index in [2.05, 4.69) is 15.7 Å². The molecule has 0 radical (unpaired) electrons. The Bertz CT molecular complexity index is 1140. The van der Waals surface area contributed by atoms with Gasteiger partial charge in [-0.3, -0.25) is 9.59 Å². The molecule has 0 unspecified atom stereocenters. The first-order chi connectivity index (χ1) is 15.9. The van der Waals surface area contributed by atoms with Gasteiger partial charge in [-0.25, -0.2) is 9.48 Å². The lowest BCUT2D eigenvalue weighted by Gasteiger charge is -2.10. The molecule has 0 aliphatic heterocycles. The molecule has 172 valence electrons. The SMILES string of the molecule is CCCC(=O)Nc1cccc(CNC(=O)c2ccc(-n3ncc(C(=O)OCC)c3C)cc2)c1. The third-order valence-electron chi connectivity index (χ3n) is 5.02. The predicted octanol–water partition coefficient (Wildman–Crippen LogP) is 4.03. The van der Waals surface area contributed by atoms with Gasteiger partial charge in [0.05, 0.1) is 24.2 Å². The van der Waals surface area contributed by atoms with Crippen LogP contribution in [0.15, 0.2) is 54.7 Å². The van der Waals surface area contributed by atoms with E-state index in [4.69, 9.17) is 4.74 Å². The van der Waals surface area contributed by atoms with Gasteiger partial charge >= 0.3 is 5.97 Å². The zero-order valence-electron chi connectivity index (χ0n) is 19.1. The van der Waals surface area contributed by atoms with E-state index in [9.17, 15) is 14.4 Å². The van der Waals surface area contributed by atoms with Crippen molar-refractivity contribution < 1.29 is 19.1 Å². The fraction of sp³-hybridized carbons (Fsp3) is 0.280. The molecular weight excluding hydrogens is 420 g/mol. The minimum absolute atomic E-state index is 0.0272. The minimum atomic E-state index is -0.411. The van der Waals surface area contributed by atoms with Crippen LogP contribution in [0, 0.1) is 6.92 Å². The van der Waals surface area contributed by atoms with Crippen LogP contribution >= 0.6 is 0 Å². The number of rotatable bonds is 9. The van der Waals surface area contributed by atoms with Crippen molar-refractivity contribution in [2.45, 2.75) is 40.2 Å². The van der Waals surface area contributed by atoms with Gasteiger partial charge in [0.2, 0.25) is 5.91 Å². The zero-order valence-corrected chi connectivity index (χ0v) is 19.1. The van der Waals surface area contributed by atoms with E-state index < -0.39 is 5.97 Å². The summed E-state index contributed by atoms with van der Waals surface area (Å²) in [6.07, 6.45) is 2.73. The molecule has 1 aromatic heterocycles. The van der Waals surface area contributed by atoms with Crippen molar-refractivity contribution in [1.82, 2.24) is 15.1 Å². The summed E-state index contributed by atoms with van der Waals surface area (Å²) in [6, 6.07) is 14.4. The number of carbonyl (C=O) groups excluding carboxylic acids is 3. The molecule has 3 rings (SSSR count). The average molecular weight is 449 g/mol. The number of benzene rings is 2. The number of carbonyl (C=O) groups is 3. The van der Waals surface area contributed by atoms with Gasteiger partial charge in [-0.15, -0.1) is 0 Å². The van der Waals surface area contributed by atoms with Crippen LogP contribution in [0.1, 0.15) is 58.7 Å². The first kappa shape index (κ1) is 23.7. The fourth-order valence-corrected chi connectivity index (χ4v) is 3.33. The molecule has 2 aromatic carbocycles. The molecule has 0 aliphatic rings. The van der Waals surface area contributed by atoms with Crippen molar-refractivity contribution in [3.8, 4) is 5.69 Å². The second kappa shape index (κ2) is 11.1. The molecule has 0 saturated carbocycles. The molecule has 8 heteroatoms. The summed E-state index contributed by atoms with van der Waals surface area (Å²) in [7, 11) is 0. The molecule has 0 atom stereocenters. The quantitative estimate of drug-likeness (QED) is 0.481. The van der Waals surface area contributed by atoms with E-state index in [1.54, 1.807) is 42.8 Å². The Balaban J connectivity index is 1.62. The highest BCUT2D eigenvalue weighted by Crippen LogP contribution is 2.16. The van der Waals surface area contributed by atoms with Crippen LogP contribution in [-0.4, -0.2) is 34.2 Å². The third-order valence-corrected chi connectivity index (χ3v) is 5.02. The fourth-order valence-electron chi connectivity index (χ4n) is 3.33. The summed E-state index contributed by atoms with van der Waals surface area (Å²) in [5.41, 5.74) is 3.90. The number of anilines is 1. The number of amides is 2. The summed E-state index contributed by atoms with van der Waals surface area (Å²) in [4.78, 5) is 36.4. The molecule has 33 heavy (non-hydrogen) atoms. The summed E-state index contributed by atoms with van der Waals surface area (Å²) < 4.78 is 6.67. The minimum Gasteiger partial charge on any atom is -0.462 e. The van der Waals surface area contributed by atoms with Crippen molar-refractivity contribution in [3.05, 3.63) is 77.1 Å². The summed E-state index contributed by atoms with van der Waals surface area (Å²) in [6.45, 7) is 6.13. The highest BCUT2D eigenvalue weighted by molar-refractivity contribution is 5.94. The van der Waals surface area contributed by atoms with Crippen LogP contribution in [0.4, 0.5) is 5.69 Å². The molecule has 2 amide bonds. The maximum atomic E-state index is 12.6. The van der Waals surface area contributed by atoms with E-state index in [0.717, 1.165) is 17.7 Å². The van der Waals surface area contributed by atoms with Gasteiger partial charge in [0.1, 0.15) is 5.56 Å². The van der Waals surface area contributed by atoms with Gasteiger partial charge in [-0.2, -0.15) is 5.10 Å². The second-order valence-corrected chi connectivity index (χ2v) is 7.50. The number of hydrogen-bond acceptors (Lipinski definition) is 5. The second-order valence-electron chi connectivity index (χ2n) is 7.50. The number of nitrogens with zero attached hydrogens (tertiary/aromatic N) is 2. The van der Waals surface area contributed by atoms with E-state index >= 15 is 0 Å². The van der Waals surface area contributed by atoms with Gasteiger partial charge in [-0.05, 0) is 62.2 Å². The molecule has 8 nitrogen and oxygen atoms in total. The van der Waals surface area contributed by atoms with Gasteiger partial charge in [0, 0.05) is 24.2 Å². The van der Waals surface area contributed by atoms with Crippen LogP contribution < -0.4 is 10.6 Å². The van der Waals surface area contributed by atoms with Crippen molar-refractivity contribution in [2.24, 2.45) is 0 Å². The average Bonchev–Trinajstić information content (AvgIpc) is 3.19. The van der Waals surface area contributed by atoms with Gasteiger partial charge in [0.15, 0.2) is 0 Å². The molecule has 0 bridgehead atoms. The first-order valence-electron chi connectivity index (χ1n) is 10.9. The topological polar surface area (TPSA) is 102 Å². The van der Waals surface area contributed by atoms with E-state index in [1.165, 1.54) is 6.20 Å². The van der Waals surface area contributed by atoms with Crippen LogP contribution in [0.2, 0.25) is 0 Å². The Morgan fingerprint density at radius 2 is 1.82 bits per heavy atom. The summed E-state index contributed by atoms with van der Waals surface area (Å²) in [5.74, 6) is -0.654. The molecule has 2 N–H and O–H groups in total. The van der Waals surface area contributed by atoms with Gasteiger partial charge in [0.25, 0.3) is 5.91 Å². The van der Waals surface area contributed by atoms with Crippen LogP contribution in [0.25, 0.3) is 5.69 Å². The van der Waals surface area contributed by atoms with Crippen molar-refractivity contribution in [2.75, 3.05) is 11.9 Å². The largest absolute Gasteiger partial charge is 0.462 e. The Morgan fingerprint density at radius 1 is 1.06 bits per heavy atom. The van der Waals surface area contributed by atoms with E-state index in [-0.39, 0.29) is 11.8 Å². The van der Waals surface area contributed by atoms with Crippen LogP contribution in [0.3, 0.4) is 0 Å². The monoisotopic (exact) mass is 448 g/mol. The summed E-state index contributed by atoms with van der Waals surface area (Å²) >= 11 is 0. The highest BCUT2D eigenvalue weighted by Gasteiger charge is 2.16. The Hall–Kier alpha value is -3.94. The van der Waals surface area contributed by atoms with Crippen LogP contribution in [0.5, 0.6) is 0 Å². The Morgan fingerprint density at radius 3 is 2.52 bits per heavy atom. The molecule has 1 heterocycles. The molecule has 0 spiro atoms. The molecule has 0 fully saturated rings. The zero-order chi connectivity index (χ0) is 23.8. The Labute approximate surface area is 193 Å². The summed E-state index contributed by atoms with van der Waals surface area (Å²) in [5, 5.41) is 10.0. The molecule has 0 saturated heterocycles. The Kier molecular flexibility index (Phi) is 7.96. The lowest BCUT2D eigenvalue weighted by molar-refractivity contribution is -0.116. The maximum Gasteiger partial charge on any atom is 0.341 e. The van der Waals surface area contributed by atoms with Crippen LogP contribution in [-0.2, 0) is 16.1 Å². The lowest BCUT2D eigenvalue weighted by Crippen LogP contribution is -2.23. The van der Waals surface area contributed by atoms with Crippen molar-refractivity contribution >= 4 is 23.5 Å². The molecule has 0 aliphatic carbocycles. The molecule has 3 aromatic rings. The van der Waals surface area contributed by atoms with E-state index in [0.29, 0.717) is 42.1 Å². The number of nitrogens with one attached hydrogen (secondary N) is 2. The number of hydrogen-bond donors (Lipinski definition) is 2. The van der Waals surface area contributed by atoms with Gasteiger partial charge < -0.3 is 15.4 Å². The normalized spacial score (nSPS) is 10.5. The van der Waals surface area contributed by atoms with Crippen molar-refractivity contribution in [3.63, 3.8) is 0 Å². The van der Waals surface area contributed by atoms with Gasteiger partial charge in [-0.1, -0.05) is 19.1 Å². The first-order valence-corrected chi connectivity index (χ1v) is 10.9. The van der Waals surface area contributed by atoms with Crippen molar-refractivity contribution in [1.29, 1.82) is 0 Å².